The Labute approximate surface area is 134 Å². The van der Waals surface area contributed by atoms with Crippen molar-refractivity contribution < 1.29 is 19.4 Å². The van der Waals surface area contributed by atoms with Crippen molar-refractivity contribution in [3.63, 3.8) is 0 Å². The van der Waals surface area contributed by atoms with Crippen LogP contribution in [0.1, 0.15) is 24.3 Å². The molecule has 0 fully saturated rings. The number of aliphatic carboxylic acids is 1. The minimum absolute atomic E-state index is 0.178. The van der Waals surface area contributed by atoms with Crippen molar-refractivity contribution >= 4 is 11.9 Å². The maximum atomic E-state index is 12.4. The molecule has 1 N–H and O–H groups in total. The van der Waals surface area contributed by atoms with Crippen LogP contribution in [0.5, 0.6) is 5.75 Å². The monoisotopic (exact) mass is 317 g/mol. The van der Waals surface area contributed by atoms with E-state index in [1.165, 1.54) is 20.9 Å². The number of hydrogen-bond donors (Lipinski definition) is 1. The zero-order valence-corrected chi connectivity index (χ0v) is 13.5. The topological polar surface area (TPSA) is 84.7 Å². The molecule has 0 aliphatic rings. The number of carbonyl (C=O) groups excluding carboxylic acids is 1. The smallest absolute Gasteiger partial charge is 0.329 e. The van der Waals surface area contributed by atoms with Crippen LogP contribution in [-0.4, -0.2) is 51.4 Å². The highest BCUT2D eigenvalue weighted by Crippen LogP contribution is 2.17. The lowest BCUT2D eigenvalue weighted by molar-refractivity contribution is -0.147. The van der Waals surface area contributed by atoms with Gasteiger partial charge in [0.1, 0.15) is 11.3 Å². The molecular weight excluding hydrogens is 298 g/mol. The number of methoxy groups -OCH3 is 1. The summed E-state index contributed by atoms with van der Waals surface area (Å²) in [6.07, 6.45) is 1.65. The summed E-state index contributed by atoms with van der Waals surface area (Å²) in [5.41, 5.74) is -0.372. The van der Waals surface area contributed by atoms with Crippen molar-refractivity contribution in [1.29, 1.82) is 0 Å². The molecule has 7 heteroatoms. The summed E-state index contributed by atoms with van der Waals surface area (Å²) < 4.78 is 6.64. The number of hydrogen-bond acceptors (Lipinski definition) is 4. The highest BCUT2D eigenvalue weighted by Gasteiger charge is 2.36. The second-order valence-corrected chi connectivity index (χ2v) is 5.57. The van der Waals surface area contributed by atoms with Crippen LogP contribution in [0.4, 0.5) is 0 Å². The normalized spacial score (nSPS) is 11.1. The summed E-state index contributed by atoms with van der Waals surface area (Å²) >= 11 is 0. The standard InChI is InChI=1S/C16H19N3O4/c1-16(2,15(21)22)18(3)14(20)13-9-10-19(17-13)11-5-7-12(23-4)8-6-11/h5-10H,1-4H3,(H,21,22). The third-order valence-corrected chi connectivity index (χ3v) is 3.81. The Hall–Kier alpha value is -2.83. The van der Waals surface area contributed by atoms with Crippen LogP contribution in [0.3, 0.4) is 0 Å². The lowest BCUT2D eigenvalue weighted by Gasteiger charge is -2.30. The Morgan fingerprint density at radius 3 is 2.35 bits per heavy atom. The largest absolute Gasteiger partial charge is 0.497 e. The first kappa shape index (κ1) is 16.5. The van der Waals surface area contributed by atoms with Gasteiger partial charge in [-0.25, -0.2) is 9.48 Å². The molecule has 122 valence electrons. The van der Waals surface area contributed by atoms with Gasteiger partial charge in [-0.05, 0) is 44.2 Å². The quantitative estimate of drug-likeness (QED) is 0.909. The summed E-state index contributed by atoms with van der Waals surface area (Å²) in [5.74, 6) is -0.812. The molecule has 1 amide bonds. The molecule has 0 atom stereocenters. The number of aromatic nitrogens is 2. The van der Waals surface area contributed by atoms with Gasteiger partial charge in [-0.2, -0.15) is 5.10 Å². The van der Waals surface area contributed by atoms with Gasteiger partial charge in [-0.15, -0.1) is 0 Å². The molecule has 0 aliphatic heterocycles. The van der Waals surface area contributed by atoms with E-state index in [9.17, 15) is 14.7 Å². The van der Waals surface area contributed by atoms with E-state index in [0.29, 0.717) is 0 Å². The van der Waals surface area contributed by atoms with Crippen molar-refractivity contribution in [2.45, 2.75) is 19.4 Å². The molecule has 1 heterocycles. The van der Waals surface area contributed by atoms with Gasteiger partial charge in [0.2, 0.25) is 0 Å². The molecule has 0 radical (unpaired) electrons. The molecular formula is C16H19N3O4. The maximum Gasteiger partial charge on any atom is 0.329 e. The lowest BCUT2D eigenvalue weighted by Crippen LogP contribution is -2.50. The number of carboxylic acid groups (broad SMARTS) is 1. The van der Waals surface area contributed by atoms with Crippen molar-refractivity contribution in [1.82, 2.24) is 14.7 Å². The molecule has 7 nitrogen and oxygen atoms in total. The van der Waals surface area contributed by atoms with Gasteiger partial charge in [-0.1, -0.05) is 0 Å². The van der Waals surface area contributed by atoms with Gasteiger partial charge in [0.15, 0.2) is 5.69 Å². The second kappa shape index (κ2) is 6.12. The van der Waals surface area contributed by atoms with Gasteiger partial charge < -0.3 is 14.7 Å². The average molecular weight is 317 g/mol. The van der Waals surface area contributed by atoms with Crippen LogP contribution in [0.25, 0.3) is 5.69 Å². The fourth-order valence-corrected chi connectivity index (χ4v) is 1.89. The fraction of sp³-hybridized carbons (Fsp3) is 0.312. The summed E-state index contributed by atoms with van der Waals surface area (Å²) in [4.78, 5) is 24.8. The second-order valence-electron chi connectivity index (χ2n) is 5.57. The van der Waals surface area contributed by atoms with Crippen molar-refractivity contribution in [3.05, 3.63) is 42.2 Å². The minimum Gasteiger partial charge on any atom is -0.497 e. The molecule has 0 saturated heterocycles. The Morgan fingerprint density at radius 2 is 1.83 bits per heavy atom. The van der Waals surface area contributed by atoms with Gasteiger partial charge in [0, 0.05) is 13.2 Å². The molecule has 1 aromatic carbocycles. The number of amides is 1. The van der Waals surface area contributed by atoms with Crippen LogP contribution in [0, 0.1) is 0 Å². The van der Waals surface area contributed by atoms with Crippen LogP contribution >= 0.6 is 0 Å². The van der Waals surface area contributed by atoms with Gasteiger partial charge in [0.05, 0.1) is 12.8 Å². The van der Waals surface area contributed by atoms with Crippen molar-refractivity contribution in [2.24, 2.45) is 0 Å². The first-order chi connectivity index (χ1) is 10.8. The van der Waals surface area contributed by atoms with E-state index < -0.39 is 17.4 Å². The van der Waals surface area contributed by atoms with Crippen LogP contribution in [0.15, 0.2) is 36.5 Å². The Kier molecular flexibility index (Phi) is 4.40. The third kappa shape index (κ3) is 3.18. The Bertz CT molecular complexity index is 719. The van der Waals surface area contributed by atoms with Crippen LogP contribution < -0.4 is 4.74 Å². The summed E-state index contributed by atoms with van der Waals surface area (Å²) in [6, 6.07) is 8.76. The van der Waals surface area contributed by atoms with Crippen LogP contribution in [0.2, 0.25) is 0 Å². The number of benzene rings is 1. The minimum atomic E-state index is -1.32. The van der Waals surface area contributed by atoms with E-state index in [1.807, 2.05) is 12.1 Å². The zero-order valence-electron chi connectivity index (χ0n) is 13.5. The van der Waals surface area contributed by atoms with E-state index in [4.69, 9.17) is 4.74 Å². The highest BCUT2D eigenvalue weighted by atomic mass is 16.5. The number of nitrogens with zero attached hydrogens (tertiary/aromatic N) is 3. The molecule has 2 rings (SSSR count). The molecule has 1 aromatic heterocycles. The van der Waals surface area contributed by atoms with Gasteiger partial charge in [-0.3, -0.25) is 4.79 Å². The number of likely N-dealkylation sites (N-methyl/N-ethyl adjacent to an activating group) is 1. The van der Waals surface area contributed by atoms with E-state index in [2.05, 4.69) is 5.10 Å². The fourth-order valence-electron chi connectivity index (χ4n) is 1.89. The Morgan fingerprint density at radius 1 is 1.22 bits per heavy atom. The predicted octanol–water partition coefficient (Wildman–Crippen LogP) is 1.82. The first-order valence-electron chi connectivity index (χ1n) is 6.99. The molecule has 0 saturated carbocycles. The van der Waals surface area contributed by atoms with E-state index in [-0.39, 0.29) is 5.69 Å². The lowest BCUT2D eigenvalue weighted by atomic mass is 10.0. The van der Waals surface area contributed by atoms with Crippen molar-refractivity contribution in [3.8, 4) is 11.4 Å². The summed E-state index contributed by atoms with van der Waals surface area (Å²) in [7, 11) is 3.03. The molecule has 2 aromatic rings. The summed E-state index contributed by atoms with van der Waals surface area (Å²) in [5, 5.41) is 13.4. The molecule has 0 aliphatic carbocycles. The first-order valence-corrected chi connectivity index (χ1v) is 6.99. The average Bonchev–Trinajstić information content (AvgIpc) is 3.03. The molecule has 0 bridgehead atoms. The van der Waals surface area contributed by atoms with E-state index >= 15 is 0 Å². The zero-order chi connectivity index (χ0) is 17.2. The number of rotatable bonds is 5. The van der Waals surface area contributed by atoms with Gasteiger partial charge >= 0.3 is 5.97 Å². The SMILES string of the molecule is COc1ccc(-n2ccc(C(=O)N(C)C(C)(C)C(=O)O)n2)cc1. The number of ether oxygens (including phenoxy) is 1. The highest BCUT2D eigenvalue weighted by molar-refractivity contribution is 5.95. The van der Waals surface area contributed by atoms with Crippen LogP contribution in [-0.2, 0) is 4.79 Å². The third-order valence-electron chi connectivity index (χ3n) is 3.81. The summed E-state index contributed by atoms with van der Waals surface area (Å²) in [6.45, 7) is 2.93. The maximum absolute atomic E-state index is 12.4. The number of carbonyl (C=O) groups is 2. The van der Waals surface area contributed by atoms with Gasteiger partial charge in [0.25, 0.3) is 5.91 Å². The number of carboxylic acids is 1. The predicted molar refractivity (Wildman–Crippen MR) is 83.9 cm³/mol. The molecule has 0 unspecified atom stereocenters. The molecule has 0 spiro atoms. The van der Waals surface area contributed by atoms with E-state index in [0.717, 1.165) is 16.3 Å². The van der Waals surface area contributed by atoms with E-state index in [1.54, 1.807) is 36.2 Å². The molecule has 23 heavy (non-hydrogen) atoms. The van der Waals surface area contributed by atoms with Crippen molar-refractivity contribution in [2.75, 3.05) is 14.2 Å². The Balaban J connectivity index is 2.24.